The molecule has 0 unspecified atom stereocenters. The Morgan fingerprint density at radius 3 is 2.78 bits per heavy atom. The average molecular weight is 365 g/mol. The molecule has 7 heteroatoms. The molecule has 0 spiro atoms. The van der Waals surface area contributed by atoms with E-state index in [4.69, 9.17) is 9.97 Å². The molecule has 1 saturated heterocycles. The Hall–Kier alpha value is -2.54. The standard InChI is InChI=1S/C20H27N7/c1-15-6-4-5-11-27(15)13-12-25(2)19-17-14-22-26(3)20(17)24-18(23-19)16-7-9-21-10-8-16/h7-10,14-15H,4-6,11-13H2,1-3H3/t15-/m1/s1. The van der Waals surface area contributed by atoms with Crippen molar-refractivity contribution >= 4 is 16.9 Å². The number of likely N-dealkylation sites (tertiary alicyclic amines) is 1. The molecule has 0 bridgehead atoms. The van der Waals surface area contributed by atoms with E-state index in [1.807, 2.05) is 30.1 Å². The van der Waals surface area contributed by atoms with Gasteiger partial charge in [-0.2, -0.15) is 5.10 Å². The summed E-state index contributed by atoms with van der Waals surface area (Å²) < 4.78 is 1.81. The van der Waals surface area contributed by atoms with Crippen LogP contribution < -0.4 is 4.90 Å². The first-order valence-electron chi connectivity index (χ1n) is 9.69. The largest absolute Gasteiger partial charge is 0.358 e. The highest BCUT2D eigenvalue weighted by Crippen LogP contribution is 2.26. The fraction of sp³-hybridized carbons (Fsp3) is 0.500. The van der Waals surface area contributed by atoms with Crippen LogP contribution in [-0.4, -0.2) is 62.4 Å². The van der Waals surface area contributed by atoms with E-state index in [1.165, 1.54) is 25.8 Å². The van der Waals surface area contributed by atoms with Gasteiger partial charge in [0.05, 0.1) is 11.6 Å². The minimum Gasteiger partial charge on any atom is -0.358 e. The van der Waals surface area contributed by atoms with E-state index in [0.717, 1.165) is 35.5 Å². The van der Waals surface area contributed by atoms with Crippen LogP contribution in [-0.2, 0) is 7.05 Å². The second-order valence-corrected chi connectivity index (χ2v) is 7.41. The van der Waals surface area contributed by atoms with Crippen LogP contribution in [0.2, 0.25) is 0 Å². The Morgan fingerprint density at radius 1 is 1.19 bits per heavy atom. The number of hydrogen-bond donors (Lipinski definition) is 0. The lowest BCUT2D eigenvalue weighted by atomic mass is 10.0. The Kier molecular flexibility index (Phi) is 5.03. The third-order valence-electron chi connectivity index (χ3n) is 5.54. The summed E-state index contributed by atoms with van der Waals surface area (Å²) in [6, 6.07) is 4.55. The molecule has 27 heavy (non-hydrogen) atoms. The average Bonchev–Trinajstić information content (AvgIpc) is 3.08. The van der Waals surface area contributed by atoms with Gasteiger partial charge in [0.25, 0.3) is 0 Å². The molecule has 0 radical (unpaired) electrons. The molecule has 1 fully saturated rings. The van der Waals surface area contributed by atoms with Gasteiger partial charge < -0.3 is 4.90 Å². The van der Waals surface area contributed by atoms with Crippen molar-refractivity contribution in [2.24, 2.45) is 7.05 Å². The van der Waals surface area contributed by atoms with Crippen molar-refractivity contribution < 1.29 is 0 Å². The summed E-state index contributed by atoms with van der Waals surface area (Å²) in [6.45, 7) is 5.52. The van der Waals surface area contributed by atoms with Gasteiger partial charge in [0.2, 0.25) is 0 Å². The fourth-order valence-electron chi connectivity index (χ4n) is 3.80. The van der Waals surface area contributed by atoms with Gasteiger partial charge in [-0.15, -0.1) is 0 Å². The predicted molar refractivity (Wildman–Crippen MR) is 108 cm³/mol. The van der Waals surface area contributed by atoms with Gasteiger partial charge in [-0.05, 0) is 38.4 Å². The predicted octanol–water partition coefficient (Wildman–Crippen LogP) is 2.74. The van der Waals surface area contributed by atoms with Gasteiger partial charge in [-0.3, -0.25) is 14.6 Å². The van der Waals surface area contributed by atoms with Crippen LogP contribution in [0.3, 0.4) is 0 Å². The van der Waals surface area contributed by atoms with Crippen molar-refractivity contribution in [2.45, 2.75) is 32.2 Å². The maximum atomic E-state index is 4.88. The Bertz CT molecular complexity index is 905. The third-order valence-corrected chi connectivity index (χ3v) is 5.54. The summed E-state index contributed by atoms with van der Waals surface area (Å²) in [7, 11) is 4.03. The molecule has 4 rings (SSSR count). The highest BCUT2D eigenvalue weighted by atomic mass is 15.3. The van der Waals surface area contributed by atoms with Crippen molar-refractivity contribution in [2.75, 3.05) is 31.6 Å². The SMILES string of the molecule is C[C@@H]1CCCCN1CCN(C)c1nc(-c2ccncc2)nc2c1cnn2C. The quantitative estimate of drug-likeness (QED) is 0.693. The van der Waals surface area contributed by atoms with Crippen LogP contribution in [0.4, 0.5) is 5.82 Å². The number of aryl methyl sites for hydroxylation is 1. The summed E-state index contributed by atoms with van der Waals surface area (Å²) in [5.74, 6) is 1.64. The summed E-state index contributed by atoms with van der Waals surface area (Å²) >= 11 is 0. The van der Waals surface area contributed by atoms with E-state index < -0.39 is 0 Å². The van der Waals surface area contributed by atoms with Gasteiger partial charge in [0, 0.05) is 51.2 Å². The van der Waals surface area contributed by atoms with Gasteiger partial charge in [-0.1, -0.05) is 6.42 Å². The topological polar surface area (TPSA) is 63.0 Å². The molecule has 0 aromatic carbocycles. The summed E-state index contributed by atoms with van der Waals surface area (Å²) in [4.78, 5) is 18.5. The highest BCUT2D eigenvalue weighted by molar-refractivity contribution is 5.88. The lowest BCUT2D eigenvalue weighted by Crippen LogP contribution is -2.42. The molecule has 3 aromatic rings. The molecule has 1 aliphatic heterocycles. The number of hydrogen-bond acceptors (Lipinski definition) is 6. The van der Waals surface area contributed by atoms with Crippen molar-refractivity contribution in [1.82, 2.24) is 29.6 Å². The Balaban J connectivity index is 1.63. The molecule has 0 aliphatic carbocycles. The van der Waals surface area contributed by atoms with Crippen molar-refractivity contribution in [1.29, 1.82) is 0 Å². The van der Waals surface area contributed by atoms with Gasteiger partial charge in [0.1, 0.15) is 5.82 Å². The van der Waals surface area contributed by atoms with Crippen LogP contribution >= 0.6 is 0 Å². The van der Waals surface area contributed by atoms with Crippen LogP contribution in [0.15, 0.2) is 30.7 Å². The van der Waals surface area contributed by atoms with Crippen LogP contribution in [0.1, 0.15) is 26.2 Å². The molecular formula is C20H27N7. The van der Waals surface area contributed by atoms with Crippen LogP contribution in [0.5, 0.6) is 0 Å². The Labute approximate surface area is 160 Å². The lowest BCUT2D eigenvalue weighted by Gasteiger charge is -2.34. The molecular weight excluding hydrogens is 338 g/mol. The van der Waals surface area contributed by atoms with E-state index in [-0.39, 0.29) is 0 Å². The first-order valence-corrected chi connectivity index (χ1v) is 9.69. The maximum absolute atomic E-state index is 4.88. The zero-order chi connectivity index (χ0) is 18.8. The number of rotatable bonds is 5. The van der Waals surface area contributed by atoms with E-state index in [1.54, 1.807) is 12.4 Å². The number of likely N-dealkylation sites (N-methyl/N-ethyl adjacent to an activating group) is 1. The number of nitrogens with zero attached hydrogens (tertiary/aromatic N) is 7. The van der Waals surface area contributed by atoms with Crippen molar-refractivity contribution in [3.05, 3.63) is 30.7 Å². The first kappa shape index (κ1) is 17.9. The van der Waals surface area contributed by atoms with Crippen molar-refractivity contribution in [3.8, 4) is 11.4 Å². The molecule has 0 amide bonds. The molecule has 3 aromatic heterocycles. The van der Waals surface area contributed by atoms with Crippen LogP contribution in [0.25, 0.3) is 22.4 Å². The number of piperidine rings is 1. The maximum Gasteiger partial charge on any atom is 0.164 e. The zero-order valence-corrected chi connectivity index (χ0v) is 16.3. The minimum absolute atomic E-state index is 0.670. The van der Waals surface area contributed by atoms with E-state index >= 15 is 0 Å². The van der Waals surface area contributed by atoms with E-state index in [2.05, 4.69) is 33.9 Å². The zero-order valence-electron chi connectivity index (χ0n) is 16.3. The van der Waals surface area contributed by atoms with E-state index in [0.29, 0.717) is 11.9 Å². The third kappa shape index (κ3) is 3.64. The molecule has 4 heterocycles. The normalized spacial score (nSPS) is 18.1. The highest BCUT2D eigenvalue weighted by Gasteiger charge is 2.20. The minimum atomic E-state index is 0.670. The first-order chi connectivity index (χ1) is 13.1. The van der Waals surface area contributed by atoms with Crippen LogP contribution in [0, 0.1) is 0 Å². The van der Waals surface area contributed by atoms with E-state index in [9.17, 15) is 0 Å². The van der Waals surface area contributed by atoms with Gasteiger partial charge >= 0.3 is 0 Å². The second-order valence-electron chi connectivity index (χ2n) is 7.41. The lowest BCUT2D eigenvalue weighted by molar-refractivity contribution is 0.165. The second kappa shape index (κ2) is 7.60. The number of anilines is 1. The smallest absolute Gasteiger partial charge is 0.164 e. The van der Waals surface area contributed by atoms with Crippen molar-refractivity contribution in [3.63, 3.8) is 0 Å². The van der Waals surface area contributed by atoms with Gasteiger partial charge in [-0.25, -0.2) is 9.97 Å². The monoisotopic (exact) mass is 365 g/mol. The molecule has 1 aliphatic rings. The summed E-state index contributed by atoms with van der Waals surface area (Å²) in [5.41, 5.74) is 1.82. The molecule has 0 saturated carbocycles. The summed E-state index contributed by atoms with van der Waals surface area (Å²) in [6.07, 6.45) is 9.36. The Morgan fingerprint density at radius 2 is 2.00 bits per heavy atom. The molecule has 1 atom stereocenters. The fourth-order valence-corrected chi connectivity index (χ4v) is 3.80. The number of pyridine rings is 1. The van der Waals surface area contributed by atoms with Gasteiger partial charge in [0.15, 0.2) is 11.5 Å². The molecule has 7 nitrogen and oxygen atoms in total. The number of aromatic nitrogens is 5. The summed E-state index contributed by atoms with van der Waals surface area (Å²) in [5, 5.41) is 5.39. The molecule has 0 N–H and O–H groups in total. The number of fused-ring (bicyclic) bond motifs is 1. The molecule has 142 valence electrons.